The van der Waals surface area contributed by atoms with Crippen LogP contribution in [0.5, 0.6) is 0 Å². The molecule has 0 aromatic carbocycles. The van der Waals surface area contributed by atoms with Gasteiger partial charge in [-0.15, -0.1) is 6.58 Å². The van der Waals surface area contributed by atoms with Crippen LogP contribution in [-0.2, 0) is 13.9 Å². The number of hydrogen-bond donors (Lipinski definition) is 0. The number of ether oxygens (including phenoxy) is 2. The molecular formula is C15H28N4O5Si. The molecule has 0 aliphatic carbocycles. The number of hydrogen-bond acceptors (Lipinski definition) is 6. The van der Waals surface area contributed by atoms with Crippen molar-refractivity contribution in [3.05, 3.63) is 33.2 Å². The van der Waals surface area contributed by atoms with E-state index in [1.807, 2.05) is 0 Å². The largest absolute Gasteiger partial charge is 0.403 e. The van der Waals surface area contributed by atoms with Crippen LogP contribution in [0.2, 0.25) is 18.1 Å². The van der Waals surface area contributed by atoms with Gasteiger partial charge in [0.15, 0.2) is 20.7 Å². The molecule has 0 unspecified atom stereocenters. The highest BCUT2D eigenvalue weighted by molar-refractivity contribution is 6.73. The summed E-state index contributed by atoms with van der Waals surface area (Å²) < 4.78 is 17.8. The molecule has 0 bridgehead atoms. The molecule has 1 aliphatic heterocycles. The first-order valence-corrected chi connectivity index (χ1v) is 11.2. The predicted octanol–water partition coefficient (Wildman–Crippen LogP) is 3.65. The lowest BCUT2D eigenvalue weighted by Gasteiger charge is -2.41. The van der Waals surface area contributed by atoms with Gasteiger partial charge in [0.25, 0.3) is 0 Å². The van der Waals surface area contributed by atoms with Gasteiger partial charge >= 0.3 is 0 Å². The monoisotopic (exact) mass is 372 g/mol. The van der Waals surface area contributed by atoms with Crippen molar-refractivity contribution in [2.45, 2.75) is 69.9 Å². The van der Waals surface area contributed by atoms with Gasteiger partial charge in [0.05, 0.1) is 19.3 Å². The SMILES string of the molecule is C=CCO[C@@H]1O[C@H](CN=[N+]=[N-])C[C@H]([N+](=O)[O-])[C@H]1O[Si](CC)(CC)CC. The summed E-state index contributed by atoms with van der Waals surface area (Å²) in [5.74, 6) is 0. The maximum atomic E-state index is 11.7. The first-order valence-electron chi connectivity index (χ1n) is 8.67. The highest BCUT2D eigenvalue weighted by Crippen LogP contribution is 2.32. The van der Waals surface area contributed by atoms with Gasteiger partial charge in [-0.3, -0.25) is 10.1 Å². The third-order valence-electron chi connectivity index (χ3n) is 4.80. The van der Waals surface area contributed by atoms with Gasteiger partial charge in [0.2, 0.25) is 6.04 Å². The Morgan fingerprint density at radius 2 is 2.08 bits per heavy atom. The van der Waals surface area contributed by atoms with Crippen LogP contribution in [0.15, 0.2) is 17.8 Å². The molecule has 0 aromatic heterocycles. The minimum atomic E-state index is -2.09. The van der Waals surface area contributed by atoms with E-state index < -0.39 is 32.9 Å². The van der Waals surface area contributed by atoms with E-state index in [-0.39, 0.29) is 24.5 Å². The quantitative estimate of drug-likeness (QED) is 0.104. The smallest absolute Gasteiger partial charge is 0.245 e. The van der Waals surface area contributed by atoms with Crippen LogP contribution in [0.4, 0.5) is 0 Å². The molecule has 1 fully saturated rings. The number of rotatable bonds is 11. The maximum absolute atomic E-state index is 11.7. The second-order valence-electron chi connectivity index (χ2n) is 6.08. The lowest BCUT2D eigenvalue weighted by atomic mass is 10.00. The van der Waals surface area contributed by atoms with Crippen molar-refractivity contribution in [2.24, 2.45) is 5.11 Å². The Balaban J connectivity index is 3.09. The fourth-order valence-electron chi connectivity index (χ4n) is 3.08. The Morgan fingerprint density at radius 3 is 2.56 bits per heavy atom. The van der Waals surface area contributed by atoms with E-state index in [9.17, 15) is 10.1 Å². The summed E-state index contributed by atoms with van der Waals surface area (Å²) in [4.78, 5) is 14.0. The first kappa shape index (κ1) is 21.6. The molecule has 9 nitrogen and oxygen atoms in total. The molecule has 1 heterocycles. The van der Waals surface area contributed by atoms with Crippen molar-refractivity contribution in [1.29, 1.82) is 0 Å². The molecule has 0 saturated carbocycles. The molecule has 0 radical (unpaired) electrons. The first-order chi connectivity index (χ1) is 12.0. The third-order valence-corrected chi connectivity index (χ3v) is 9.43. The van der Waals surface area contributed by atoms with Crippen LogP contribution in [0.1, 0.15) is 27.2 Å². The Labute approximate surface area is 149 Å². The predicted molar refractivity (Wildman–Crippen MR) is 96.3 cm³/mol. The number of azide groups is 1. The second kappa shape index (κ2) is 10.5. The summed E-state index contributed by atoms with van der Waals surface area (Å²) in [6.45, 7) is 10.0. The molecule has 1 aliphatic rings. The lowest BCUT2D eigenvalue weighted by molar-refractivity contribution is -0.550. The summed E-state index contributed by atoms with van der Waals surface area (Å²) in [7, 11) is -2.09. The van der Waals surface area contributed by atoms with Gasteiger partial charge in [-0.25, -0.2) is 0 Å². The highest BCUT2D eigenvalue weighted by atomic mass is 28.4. The fourth-order valence-corrected chi connectivity index (χ4v) is 5.92. The normalized spacial score (nSPS) is 26.7. The molecule has 1 rings (SSSR count). The zero-order chi connectivity index (χ0) is 18.9. The Hall–Kier alpha value is -1.45. The minimum Gasteiger partial charge on any atom is -0.403 e. The van der Waals surface area contributed by atoms with Crippen molar-refractivity contribution in [3.8, 4) is 0 Å². The van der Waals surface area contributed by atoms with Gasteiger partial charge in [0.1, 0.15) is 0 Å². The zero-order valence-corrected chi connectivity index (χ0v) is 16.2. The summed E-state index contributed by atoms with van der Waals surface area (Å²) in [5, 5.41) is 15.1. The molecule has 0 N–H and O–H groups in total. The topological polar surface area (TPSA) is 120 Å². The van der Waals surface area contributed by atoms with Crippen molar-refractivity contribution in [2.75, 3.05) is 13.2 Å². The Morgan fingerprint density at radius 1 is 1.44 bits per heavy atom. The molecule has 0 aromatic rings. The number of nitrogens with zero attached hydrogens (tertiary/aromatic N) is 4. The van der Waals surface area contributed by atoms with Crippen molar-refractivity contribution in [3.63, 3.8) is 0 Å². The van der Waals surface area contributed by atoms with Crippen LogP contribution >= 0.6 is 0 Å². The van der Waals surface area contributed by atoms with Gasteiger partial charge in [-0.2, -0.15) is 0 Å². The molecular weight excluding hydrogens is 344 g/mol. The molecule has 0 amide bonds. The van der Waals surface area contributed by atoms with E-state index in [0.717, 1.165) is 18.1 Å². The molecule has 1 saturated heterocycles. The summed E-state index contributed by atoms with van der Waals surface area (Å²) in [5.41, 5.74) is 8.49. The average Bonchev–Trinajstić information content (AvgIpc) is 2.63. The average molecular weight is 372 g/mol. The van der Waals surface area contributed by atoms with Crippen LogP contribution in [0, 0.1) is 10.1 Å². The van der Waals surface area contributed by atoms with Gasteiger partial charge < -0.3 is 13.9 Å². The third kappa shape index (κ3) is 5.79. The standard InChI is InChI=1S/C15H28N4O5Si/c1-5-9-22-15-14(24-25(6-2,7-3)8-4)13(19(20)21)10-12(23-15)11-17-18-16/h5,12-15H,1,6-11H2,2-4H3/t12-,13-,14+,15+/m0/s1. The summed E-state index contributed by atoms with van der Waals surface area (Å²) in [6, 6.07) is 1.66. The van der Waals surface area contributed by atoms with Crippen LogP contribution in [-0.4, -0.2) is 50.9 Å². The Bertz CT molecular complexity index is 488. The van der Waals surface area contributed by atoms with Crippen LogP contribution in [0.3, 0.4) is 0 Å². The van der Waals surface area contributed by atoms with E-state index in [1.54, 1.807) is 6.08 Å². The van der Waals surface area contributed by atoms with Gasteiger partial charge in [-0.1, -0.05) is 32.0 Å². The van der Waals surface area contributed by atoms with Crippen molar-refractivity contribution >= 4 is 8.32 Å². The summed E-state index contributed by atoms with van der Waals surface area (Å²) >= 11 is 0. The minimum absolute atomic E-state index is 0.0272. The van der Waals surface area contributed by atoms with E-state index in [1.165, 1.54) is 0 Å². The molecule has 25 heavy (non-hydrogen) atoms. The van der Waals surface area contributed by atoms with Crippen LogP contribution < -0.4 is 0 Å². The number of nitro groups is 1. The van der Waals surface area contributed by atoms with Crippen molar-refractivity contribution in [1.82, 2.24) is 0 Å². The molecule has 142 valence electrons. The maximum Gasteiger partial charge on any atom is 0.245 e. The fraction of sp³-hybridized carbons (Fsp3) is 0.867. The van der Waals surface area contributed by atoms with Gasteiger partial charge in [-0.05, 0) is 23.7 Å². The summed E-state index contributed by atoms with van der Waals surface area (Å²) in [6.07, 6.45) is -0.530. The van der Waals surface area contributed by atoms with E-state index >= 15 is 0 Å². The van der Waals surface area contributed by atoms with Crippen molar-refractivity contribution < 1.29 is 18.8 Å². The van der Waals surface area contributed by atoms with E-state index in [4.69, 9.17) is 19.4 Å². The lowest BCUT2D eigenvalue weighted by Crippen LogP contribution is -2.58. The second-order valence-corrected chi connectivity index (χ2v) is 10.8. The molecule has 0 spiro atoms. The van der Waals surface area contributed by atoms with Gasteiger partial charge in [0, 0.05) is 16.3 Å². The molecule has 4 atom stereocenters. The van der Waals surface area contributed by atoms with Crippen LogP contribution in [0.25, 0.3) is 10.4 Å². The molecule has 10 heteroatoms. The van der Waals surface area contributed by atoms with E-state index in [2.05, 4.69) is 37.4 Å². The zero-order valence-electron chi connectivity index (χ0n) is 15.2. The highest BCUT2D eigenvalue weighted by Gasteiger charge is 2.50. The Kier molecular flexibility index (Phi) is 9.08. The van der Waals surface area contributed by atoms with E-state index in [0.29, 0.717) is 0 Å².